The molecule has 5 nitrogen and oxygen atoms in total. The minimum atomic E-state index is -1.26. The molecule has 0 aliphatic heterocycles. The van der Waals surface area contributed by atoms with Crippen LogP contribution in [0.15, 0.2) is 12.1 Å². The Morgan fingerprint density at radius 1 is 1.67 bits per heavy atom. The molecule has 0 fully saturated rings. The van der Waals surface area contributed by atoms with Gasteiger partial charge in [-0.25, -0.2) is 4.39 Å². The van der Waals surface area contributed by atoms with Crippen molar-refractivity contribution in [3.63, 3.8) is 0 Å². The van der Waals surface area contributed by atoms with Crippen LogP contribution in [-0.2, 0) is 0 Å². The van der Waals surface area contributed by atoms with E-state index in [0.29, 0.717) is 0 Å². The summed E-state index contributed by atoms with van der Waals surface area (Å²) < 4.78 is 12.3. The average Bonchev–Trinajstić information content (AvgIpc) is 2.20. The predicted octanol–water partition coefficient (Wildman–Crippen LogP) is 1.92. The molecule has 15 heavy (non-hydrogen) atoms. The van der Waals surface area contributed by atoms with Crippen molar-refractivity contribution in [1.82, 2.24) is 0 Å². The van der Waals surface area contributed by atoms with E-state index in [4.69, 9.17) is 17.3 Å². The van der Waals surface area contributed by atoms with Crippen LogP contribution in [0.2, 0.25) is 5.02 Å². The molecule has 1 atom stereocenters. The van der Waals surface area contributed by atoms with Gasteiger partial charge in [-0.3, -0.25) is 10.1 Å². The number of hydrogen-bond acceptors (Lipinski definition) is 4. The molecule has 0 aromatic heterocycles. The number of aromatic hydroxyl groups is 1. The Morgan fingerprint density at radius 2 is 2.27 bits per heavy atom. The highest BCUT2D eigenvalue weighted by molar-refractivity contribution is 6.32. The molecule has 82 valence electrons. The highest BCUT2D eigenvalue weighted by Crippen LogP contribution is 2.37. The van der Waals surface area contributed by atoms with Gasteiger partial charge in [0.2, 0.25) is 0 Å². The molecular formula is C8H8ClFN2O3. The van der Waals surface area contributed by atoms with Crippen LogP contribution in [0.3, 0.4) is 0 Å². The van der Waals surface area contributed by atoms with Crippen LogP contribution in [0.5, 0.6) is 5.75 Å². The van der Waals surface area contributed by atoms with Crippen LogP contribution < -0.4 is 5.73 Å². The van der Waals surface area contributed by atoms with Crippen LogP contribution in [0.1, 0.15) is 11.6 Å². The quantitative estimate of drug-likeness (QED) is 0.618. The average molecular weight is 235 g/mol. The van der Waals surface area contributed by atoms with E-state index < -0.39 is 29.1 Å². The standard InChI is InChI=1S/C8H8ClFN2O3/c9-4-1-2-6(12(14)15)7(8(4)13)5(11)3-10/h1-2,5,13H,3,11H2/t5-/m1/s1. The van der Waals surface area contributed by atoms with Gasteiger partial charge in [-0.15, -0.1) is 0 Å². The summed E-state index contributed by atoms with van der Waals surface area (Å²) >= 11 is 5.54. The summed E-state index contributed by atoms with van der Waals surface area (Å²) in [5, 5.41) is 19.9. The molecule has 1 aromatic rings. The summed E-state index contributed by atoms with van der Waals surface area (Å²) in [5.74, 6) is -0.545. The summed E-state index contributed by atoms with van der Waals surface area (Å²) in [6.07, 6.45) is 0. The van der Waals surface area contributed by atoms with Crippen molar-refractivity contribution in [2.45, 2.75) is 6.04 Å². The molecule has 1 rings (SSSR count). The number of hydrogen-bond donors (Lipinski definition) is 2. The third kappa shape index (κ3) is 2.16. The zero-order valence-electron chi connectivity index (χ0n) is 7.48. The van der Waals surface area contributed by atoms with Gasteiger partial charge in [0.15, 0.2) is 0 Å². The second-order valence-corrected chi connectivity index (χ2v) is 3.25. The molecule has 3 N–H and O–H groups in total. The molecule has 0 aliphatic carbocycles. The Kier molecular flexibility index (Phi) is 3.43. The third-order valence-corrected chi connectivity index (χ3v) is 2.18. The molecule has 0 radical (unpaired) electrons. The SMILES string of the molecule is N[C@H](CF)c1c([N+](=O)[O-])ccc(Cl)c1O. The Bertz CT molecular complexity index is 400. The first-order chi connectivity index (χ1) is 6.99. The molecule has 0 saturated carbocycles. The van der Waals surface area contributed by atoms with Gasteiger partial charge < -0.3 is 10.8 Å². The molecule has 0 amide bonds. The number of alkyl halides is 1. The lowest BCUT2D eigenvalue weighted by Crippen LogP contribution is -2.14. The van der Waals surface area contributed by atoms with Crippen LogP contribution >= 0.6 is 11.6 Å². The maximum Gasteiger partial charge on any atom is 0.278 e. The lowest BCUT2D eigenvalue weighted by atomic mass is 10.1. The van der Waals surface area contributed by atoms with Crippen molar-refractivity contribution < 1.29 is 14.4 Å². The number of nitro groups is 1. The molecule has 1 aromatic carbocycles. The van der Waals surface area contributed by atoms with Crippen molar-refractivity contribution in [1.29, 1.82) is 0 Å². The van der Waals surface area contributed by atoms with Gasteiger partial charge in [0.1, 0.15) is 12.4 Å². The zero-order chi connectivity index (χ0) is 11.6. The lowest BCUT2D eigenvalue weighted by Gasteiger charge is -2.10. The predicted molar refractivity (Wildman–Crippen MR) is 52.7 cm³/mol. The van der Waals surface area contributed by atoms with Gasteiger partial charge in [-0.1, -0.05) is 11.6 Å². The van der Waals surface area contributed by atoms with E-state index in [-0.39, 0.29) is 10.6 Å². The van der Waals surface area contributed by atoms with E-state index >= 15 is 0 Å². The molecule has 7 heteroatoms. The van der Waals surface area contributed by atoms with Crippen molar-refractivity contribution in [2.75, 3.05) is 6.67 Å². The first-order valence-corrected chi connectivity index (χ1v) is 4.34. The molecule has 0 heterocycles. The van der Waals surface area contributed by atoms with Crippen LogP contribution in [0, 0.1) is 10.1 Å². The number of nitrogens with zero attached hydrogens (tertiary/aromatic N) is 1. The lowest BCUT2D eigenvalue weighted by molar-refractivity contribution is -0.385. The number of phenolic OH excluding ortho intramolecular Hbond substituents is 1. The normalized spacial score (nSPS) is 12.5. The van der Waals surface area contributed by atoms with Crippen LogP contribution in [0.4, 0.5) is 10.1 Å². The number of benzene rings is 1. The van der Waals surface area contributed by atoms with Gasteiger partial charge in [-0.05, 0) is 6.07 Å². The zero-order valence-corrected chi connectivity index (χ0v) is 8.24. The second-order valence-electron chi connectivity index (χ2n) is 2.85. The fraction of sp³-hybridized carbons (Fsp3) is 0.250. The molecule has 0 unspecified atom stereocenters. The molecule has 0 bridgehead atoms. The summed E-state index contributed by atoms with van der Waals surface area (Å²) in [6.45, 7) is -1.02. The minimum Gasteiger partial charge on any atom is -0.506 e. The maximum absolute atomic E-state index is 12.3. The van der Waals surface area contributed by atoms with Crippen molar-refractivity contribution >= 4 is 17.3 Å². The fourth-order valence-corrected chi connectivity index (χ4v) is 1.34. The topological polar surface area (TPSA) is 89.4 Å². The second kappa shape index (κ2) is 4.41. The van der Waals surface area contributed by atoms with E-state index in [1.807, 2.05) is 0 Å². The molecule has 0 aliphatic rings. The minimum absolute atomic E-state index is 0.0977. The number of nitrogens with two attached hydrogens (primary N) is 1. The van der Waals surface area contributed by atoms with E-state index in [0.717, 1.165) is 12.1 Å². The smallest absolute Gasteiger partial charge is 0.278 e. The van der Waals surface area contributed by atoms with Crippen molar-refractivity contribution in [2.24, 2.45) is 5.73 Å². The molecule has 0 saturated heterocycles. The highest BCUT2D eigenvalue weighted by Gasteiger charge is 2.25. The van der Waals surface area contributed by atoms with Crippen LogP contribution in [-0.4, -0.2) is 16.7 Å². The summed E-state index contributed by atoms with van der Waals surface area (Å²) in [6, 6.07) is 0.972. The maximum atomic E-state index is 12.3. The van der Waals surface area contributed by atoms with E-state index in [1.54, 1.807) is 0 Å². The van der Waals surface area contributed by atoms with Crippen LogP contribution in [0.25, 0.3) is 0 Å². The fourth-order valence-electron chi connectivity index (χ4n) is 1.17. The number of phenols is 1. The Hall–Kier alpha value is -1.40. The van der Waals surface area contributed by atoms with Gasteiger partial charge in [0.25, 0.3) is 5.69 Å². The Morgan fingerprint density at radius 3 is 2.73 bits per heavy atom. The molecule has 0 spiro atoms. The third-order valence-electron chi connectivity index (χ3n) is 1.88. The summed E-state index contributed by atoms with van der Waals surface area (Å²) in [7, 11) is 0. The largest absolute Gasteiger partial charge is 0.506 e. The number of nitro benzene ring substituents is 1. The van der Waals surface area contributed by atoms with E-state index in [2.05, 4.69) is 0 Å². The van der Waals surface area contributed by atoms with Gasteiger partial charge in [-0.2, -0.15) is 0 Å². The van der Waals surface area contributed by atoms with Gasteiger partial charge in [0.05, 0.1) is 21.6 Å². The first kappa shape index (κ1) is 11.7. The monoisotopic (exact) mass is 234 g/mol. The number of rotatable bonds is 3. The van der Waals surface area contributed by atoms with Crippen molar-refractivity contribution in [3.8, 4) is 5.75 Å². The summed E-state index contributed by atoms with van der Waals surface area (Å²) in [5.41, 5.74) is 4.58. The number of halogens is 2. The Labute approximate surface area is 89.4 Å². The van der Waals surface area contributed by atoms with Gasteiger partial charge in [0, 0.05) is 6.07 Å². The summed E-state index contributed by atoms with van der Waals surface area (Å²) in [4.78, 5) is 9.83. The van der Waals surface area contributed by atoms with Crippen molar-refractivity contribution in [3.05, 3.63) is 32.8 Å². The highest BCUT2D eigenvalue weighted by atomic mass is 35.5. The first-order valence-electron chi connectivity index (χ1n) is 3.96. The van der Waals surface area contributed by atoms with Gasteiger partial charge >= 0.3 is 0 Å². The molecular weight excluding hydrogens is 227 g/mol. The Balaban J connectivity index is 3.41. The van der Waals surface area contributed by atoms with E-state index in [9.17, 15) is 19.6 Å². The van der Waals surface area contributed by atoms with E-state index in [1.165, 1.54) is 0 Å².